The molecule has 1 aromatic carbocycles. The maximum Gasteiger partial charge on any atom is 0.0675 e. The summed E-state index contributed by atoms with van der Waals surface area (Å²) in [4.78, 5) is 0. The van der Waals surface area contributed by atoms with Crippen molar-refractivity contribution in [3.05, 3.63) is 29.5 Å². The lowest BCUT2D eigenvalue weighted by Gasteiger charge is -2.52. The van der Waals surface area contributed by atoms with Gasteiger partial charge >= 0.3 is 0 Å². The van der Waals surface area contributed by atoms with Crippen molar-refractivity contribution in [3.63, 3.8) is 0 Å². The molecule has 0 spiro atoms. The standard InChI is InChI=1S/C20H26N2O/c1-19-9-7-14-12-5-6-18-16(11-21-22-18)13(12)3-4-15(14)17(19)8-10-20(19,2)23/h5-6,11,14-15,17,23H,3-4,7-10H2,1-2H3,(H,21,22)/t14?,15?,17?,19-,20-/m0/s1. The Morgan fingerprint density at radius 2 is 2.04 bits per heavy atom. The molecule has 1 heterocycles. The van der Waals surface area contributed by atoms with Crippen LogP contribution in [0.1, 0.15) is 63.0 Å². The predicted molar refractivity (Wildman–Crippen MR) is 91.3 cm³/mol. The van der Waals surface area contributed by atoms with E-state index >= 15 is 0 Å². The number of fused-ring (bicyclic) bond motifs is 7. The molecule has 2 N–H and O–H groups in total. The average Bonchev–Trinajstić information content (AvgIpc) is 3.10. The van der Waals surface area contributed by atoms with E-state index in [0.29, 0.717) is 11.8 Å². The summed E-state index contributed by atoms with van der Waals surface area (Å²) in [6.45, 7) is 4.44. The Kier molecular flexibility index (Phi) is 2.67. The monoisotopic (exact) mass is 310 g/mol. The van der Waals surface area contributed by atoms with Crippen molar-refractivity contribution in [1.29, 1.82) is 0 Å². The first-order valence-electron chi connectivity index (χ1n) is 9.18. The summed E-state index contributed by atoms with van der Waals surface area (Å²) in [6, 6.07) is 4.56. The normalized spacial score (nSPS) is 42.3. The van der Waals surface area contributed by atoms with Crippen molar-refractivity contribution in [2.24, 2.45) is 17.3 Å². The molecule has 2 fully saturated rings. The van der Waals surface area contributed by atoms with Gasteiger partial charge in [-0.1, -0.05) is 13.0 Å². The molecule has 5 rings (SSSR count). The largest absolute Gasteiger partial charge is 0.390 e. The second-order valence-corrected chi connectivity index (χ2v) is 8.65. The highest BCUT2D eigenvalue weighted by atomic mass is 16.3. The van der Waals surface area contributed by atoms with Gasteiger partial charge in [0, 0.05) is 5.39 Å². The van der Waals surface area contributed by atoms with Crippen LogP contribution in [0, 0.1) is 17.3 Å². The lowest BCUT2D eigenvalue weighted by molar-refractivity contribution is -0.0901. The third-order valence-corrected chi connectivity index (χ3v) is 7.90. The minimum Gasteiger partial charge on any atom is -0.390 e. The molecule has 2 aromatic rings. The zero-order chi connectivity index (χ0) is 15.8. The smallest absolute Gasteiger partial charge is 0.0675 e. The molecule has 3 nitrogen and oxygen atoms in total. The third kappa shape index (κ3) is 1.67. The fourth-order valence-electron chi connectivity index (χ4n) is 6.35. The van der Waals surface area contributed by atoms with Crippen molar-refractivity contribution < 1.29 is 5.11 Å². The summed E-state index contributed by atoms with van der Waals surface area (Å²) in [5.41, 5.74) is 3.92. The van der Waals surface area contributed by atoms with Crippen LogP contribution in [-0.2, 0) is 6.42 Å². The van der Waals surface area contributed by atoms with E-state index in [1.54, 1.807) is 5.56 Å². The third-order valence-electron chi connectivity index (χ3n) is 7.90. The molecule has 0 bridgehead atoms. The van der Waals surface area contributed by atoms with Crippen LogP contribution in [0.5, 0.6) is 0 Å². The maximum atomic E-state index is 10.9. The van der Waals surface area contributed by atoms with E-state index in [4.69, 9.17) is 0 Å². The van der Waals surface area contributed by atoms with Gasteiger partial charge in [0.2, 0.25) is 0 Å². The van der Waals surface area contributed by atoms with Crippen LogP contribution in [-0.4, -0.2) is 20.9 Å². The first kappa shape index (κ1) is 14.0. The topological polar surface area (TPSA) is 48.9 Å². The van der Waals surface area contributed by atoms with Crippen LogP contribution in [0.15, 0.2) is 18.3 Å². The molecule has 1 aromatic heterocycles. The summed E-state index contributed by atoms with van der Waals surface area (Å²) in [7, 11) is 0. The van der Waals surface area contributed by atoms with Crippen LogP contribution in [0.2, 0.25) is 0 Å². The van der Waals surface area contributed by atoms with Gasteiger partial charge in [-0.05, 0) is 85.8 Å². The summed E-state index contributed by atoms with van der Waals surface area (Å²) < 4.78 is 0. The number of aryl methyl sites for hydroxylation is 1. The van der Waals surface area contributed by atoms with Crippen LogP contribution < -0.4 is 0 Å². The summed E-state index contributed by atoms with van der Waals surface area (Å²) in [6.07, 6.45) is 9.01. The number of rotatable bonds is 0. The number of H-pyrrole nitrogens is 1. The summed E-state index contributed by atoms with van der Waals surface area (Å²) in [5, 5.41) is 19.6. The summed E-state index contributed by atoms with van der Waals surface area (Å²) >= 11 is 0. The zero-order valence-corrected chi connectivity index (χ0v) is 14.1. The van der Waals surface area contributed by atoms with E-state index in [9.17, 15) is 5.11 Å². The number of aromatic nitrogens is 2. The van der Waals surface area contributed by atoms with E-state index in [1.807, 2.05) is 6.20 Å². The van der Waals surface area contributed by atoms with E-state index in [-0.39, 0.29) is 5.41 Å². The second kappa shape index (κ2) is 4.38. The molecular weight excluding hydrogens is 284 g/mol. The molecule has 3 heteroatoms. The van der Waals surface area contributed by atoms with Crippen LogP contribution in [0.3, 0.4) is 0 Å². The molecule has 3 unspecified atom stereocenters. The first-order chi connectivity index (χ1) is 11.0. The number of aliphatic hydroxyl groups is 1. The molecule has 5 atom stereocenters. The number of aromatic amines is 1. The van der Waals surface area contributed by atoms with Crippen LogP contribution in [0.25, 0.3) is 10.9 Å². The molecule has 3 aliphatic rings. The Balaban J connectivity index is 1.59. The number of benzene rings is 1. The van der Waals surface area contributed by atoms with Gasteiger partial charge in [-0.25, -0.2) is 0 Å². The van der Waals surface area contributed by atoms with Crippen molar-refractivity contribution in [2.75, 3.05) is 0 Å². The van der Waals surface area contributed by atoms with E-state index in [0.717, 1.165) is 18.8 Å². The maximum absolute atomic E-state index is 10.9. The van der Waals surface area contributed by atoms with Crippen molar-refractivity contribution in [3.8, 4) is 0 Å². The number of nitrogens with one attached hydrogen (secondary N) is 1. The Labute approximate surface area is 137 Å². The second-order valence-electron chi connectivity index (χ2n) is 8.65. The highest BCUT2D eigenvalue weighted by Crippen LogP contribution is 2.64. The van der Waals surface area contributed by atoms with Crippen molar-refractivity contribution in [2.45, 2.75) is 63.9 Å². The fraction of sp³-hybridized carbons (Fsp3) is 0.650. The molecule has 2 saturated carbocycles. The van der Waals surface area contributed by atoms with Gasteiger partial charge in [-0.2, -0.15) is 5.10 Å². The van der Waals surface area contributed by atoms with Crippen LogP contribution in [0.4, 0.5) is 0 Å². The average molecular weight is 310 g/mol. The minimum absolute atomic E-state index is 0.116. The van der Waals surface area contributed by atoms with Crippen molar-refractivity contribution in [1.82, 2.24) is 10.2 Å². The molecule has 0 saturated heterocycles. The fourth-order valence-corrected chi connectivity index (χ4v) is 6.35. The highest BCUT2D eigenvalue weighted by Gasteiger charge is 2.59. The molecule has 23 heavy (non-hydrogen) atoms. The van der Waals surface area contributed by atoms with E-state index in [1.165, 1.54) is 42.1 Å². The lowest BCUT2D eigenvalue weighted by Crippen LogP contribution is -2.49. The number of hydrogen-bond acceptors (Lipinski definition) is 2. The predicted octanol–water partition coefficient (Wildman–Crippen LogP) is 4.17. The Hall–Kier alpha value is -1.35. The lowest BCUT2D eigenvalue weighted by atomic mass is 9.53. The molecular formula is C20H26N2O. The van der Waals surface area contributed by atoms with E-state index < -0.39 is 5.60 Å². The molecule has 0 aliphatic heterocycles. The van der Waals surface area contributed by atoms with E-state index in [2.05, 4.69) is 36.2 Å². The molecule has 0 amide bonds. The van der Waals surface area contributed by atoms with Crippen molar-refractivity contribution >= 4 is 10.9 Å². The van der Waals surface area contributed by atoms with Gasteiger partial charge in [0.15, 0.2) is 0 Å². The van der Waals surface area contributed by atoms with Gasteiger partial charge in [-0.3, -0.25) is 5.10 Å². The summed E-state index contributed by atoms with van der Waals surface area (Å²) in [5.74, 6) is 2.12. The van der Waals surface area contributed by atoms with Gasteiger partial charge in [-0.15, -0.1) is 0 Å². The van der Waals surface area contributed by atoms with Gasteiger partial charge in [0.05, 0.1) is 17.3 Å². The quantitative estimate of drug-likeness (QED) is 0.767. The van der Waals surface area contributed by atoms with Gasteiger partial charge in [0.25, 0.3) is 0 Å². The number of hydrogen-bond donors (Lipinski definition) is 2. The molecule has 0 radical (unpaired) electrons. The Bertz CT molecular complexity index is 777. The first-order valence-corrected chi connectivity index (χ1v) is 9.18. The van der Waals surface area contributed by atoms with Crippen LogP contribution >= 0.6 is 0 Å². The molecule has 122 valence electrons. The van der Waals surface area contributed by atoms with Gasteiger partial charge < -0.3 is 5.11 Å². The Morgan fingerprint density at radius 3 is 2.91 bits per heavy atom. The minimum atomic E-state index is -0.475. The highest BCUT2D eigenvalue weighted by molar-refractivity contribution is 5.83. The Morgan fingerprint density at radius 1 is 1.17 bits per heavy atom. The van der Waals surface area contributed by atoms with Gasteiger partial charge in [0.1, 0.15) is 0 Å². The zero-order valence-electron chi connectivity index (χ0n) is 14.1. The number of nitrogens with zero attached hydrogens (tertiary/aromatic N) is 1. The SMILES string of the molecule is C[C@]1(O)CCC2C3CCc4c(ccc5[nH]ncc45)C3CC[C@@]21C. The molecule has 3 aliphatic carbocycles.